The lowest BCUT2D eigenvalue weighted by Gasteiger charge is -2.23. The quantitative estimate of drug-likeness (QED) is 0.663. The van der Waals surface area contributed by atoms with Gasteiger partial charge in [-0.3, -0.25) is 10.1 Å². The lowest BCUT2D eigenvalue weighted by molar-refractivity contribution is -0.384. The van der Waals surface area contributed by atoms with Crippen molar-refractivity contribution in [3.8, 4) is 11.8 Å². The summed E-state index contributed by atoms with van der Waals surface area (Å²) in [5.74, 6) is 0.791. The highest BCUT2D eigenvalue weighted by molar-refractivity contribution is 5.42. The summed E-state index contributed by atoms with van der Waals surface area (Å²) in [6.07, 6.45) is 3.39. The number of nitro groups is 1. The van der Waals surface area contributed by atoms with Gasteiger partial charge >= 0.3 is 0 Å². The van der Waals surface area contributed by atoms with E-state index in [9.17, 15) is 10.1 Å². The number of hydrogen-bond donors (Lipinski definition) is 1. The summed E-state index contributed by atoms with van der Waals surface area (Å²) in [7, 11) is 0. The monoisotopic (exact) mass is 289 g/mol. The van der Waals surface area contributed by atoms with Crippen molar-refractivity contribution in [1.29, 1.82) is 5.26 Å². The Hall–Kier alpha value is -2.13. The summed E-state index contributed by atoms with van der Waals surface area (Å²) in [5.41, 5.74) is 6.13. The van der Waals surface area contributed by atoms with Crippen LogP contribution in [0.3, 0.4) is 0 Å². The summed E-state index contributed by atoms with van der Waals surface area (Å²) in [5, 5.41) is 19.8. The number of benzene rings is 1. The van der Waals surface area contributed by atoms with E-state index in [0.29, 0.717) is 12.4 Å². The van der Waals surface area contributed by atoms with Gasteiger partial charge in [-0.25, -0.2) is 0 Å². The fourth-order valence-corrected chi connectivity index (χ4v) is 2.87. The Labute approximate surface area is 123 Å². The van der Waals surface area contributed by atoms with E-state index in [2.05, 4.69) is 6.07 Å². The van der Waals surface area contributed by atoms with Crippen molar-refractivity contribution in [2.24, 2.45) is 11.7 Å². The molecule has 1 aromatic carbocycles. The molecule has 0 aliphatic heterocycles. The van der Waals surface area contributed by atoms with E-state index in [0.717, 1.165) is 31.2 Å². The number of nitrogens with zero attached hydrogens (tertiary/aromatic N) is 2. The molecule has 0 radical (unpaired) electrons. The number of non-ortho nitro benzene ring substituents is 1. The van der Waals surface area contributed by atoms with Crippen molar-refractivity contribution in [3.63, 3.8) is 0 Å². The molecule has 1 aliphatic rings. The SMILES string of the molecule is Cc1cc([N+](=O)[O-])ccc1OCCC1CCCC1(N)C#N. The minimum absolute atomic E-state index is 0.0566. The zero-order valence-corrected chi connectivity index (χ0v) is 12.0. The number of ether oxygens (including phenoxy) is 1. The van der Waals surface area contributed by atoms with E-state index in [1.807, 2.05) is 0 Å². The minimum atomic E-state index is -0.728. The molecule has 0 amide bonds. The predicted octanol–water partition coefficient (Wildman–Crippen LogP) is 2.69. The van der Waals surface area contributed by atoms with Crippen LogP contribution in [0, 0.1) is 34.3 Å². The first kappa shape index (κ1) is 15.3. The van der Waals surface area contributed by atoms with Crippen molar-refractivity contribution in [2.45, 2.75) is 38.1 Å². The first-order valence-corrected chi connectivity index (χ1v) is 7.04. The van der Waals surface area contributed by atoms with Gasteiger partial charge in [0.05, 0.1) is 17.6 Å². The molecule has 2 rings (SSSR count). The summed E-state index contributed by atoms with van der Waals surface area (Å²) in [4.78, 5) is 10.3. The largest absolute Gasteiger partial charge is 0.493 e. The number of nitriles is 1. The highest BCUT2D eigenvalue weighted by atomic mass is 16.6. The van der Waals surface area contributed by atoms with Crippen LogP contribution in [0.5, 0.6) is 5.75 Å². The van der Waals surface area contributed by atoms with Gasteiger partial charge in [0.2, 0.25) is 0 Å². The molecular weight excluding hydrogens is 270 g/mol. The molecule has 1 fully saturated rings. The molecule has 6 heteroatoms. The summed E-state index contributed by atoms with van der Waals surface area (Å²) in [6.45, 7) is 2.24. The topological polar surface area (TPSA) is 102 Å². The summed E-state index contributed by atoms with van der Waals surface area (Å²) < 4.78 is 5.68. The third-order valence-corrected chi connectivity index (χ3v) is 4.17. The molecule has 112 valence electrons. The molecule has 1 aliphatic carbocycles. The first-order chi connectivity index (χ1) is 9.96. The van der Waals surface area contributed by atoms with Gasteiger partial charge < -0.3 is 10.5 Å². The van der Waals surface area contributed by atoms with Crippen LogP contribution in [-0.4, -0.2) is 17.1 Å². The molecule has 0 bridgehead atoms. The molecule has 21 heavy (non-hydrogen) atoms. The van der Waals surface area contributed by atoms with Gasteiger partial charge in [-0.15, -0.1) is 0 Å². The molecular formula is C15H19N3O3. The van der Waals surface area contributed by atoms with E-state index in [1.165, 1.54) is 12.1 Å². The maximum Gasteiger partial charge on any atom is 0.269 e. The average Bonchev–Trinajstić information content (AvgIpc) is 2.82. The zero-order chi connectivity index (χ0) is 15.5. The molecule has 2 unspecified atom stereocenters. The third kappa shape index (κ3) is 3.31. The van der Waals surface area contributed by atoms with Crippen LogP contribution in [-0.2, 0) is 0 Å². The lowest BCUT2D eigenvalue weighted by Crippen LogP contribution is -2.42. The number of hydrogen-bond acceptors (Lipinski definition) is 5. The molecule has 0 aromatic heterocycles. The van der Waals surface area contributed by atoms with Crippen molar-refractivity contribution >= 4 is 5.69 Å². The van der Waals surface area contributed by atoms with E-state index in [1.54, 1.807) is 13.0 Å². The van der Waals surface area contributed by atoms with Crippen LogP contribution in [0.4, 0.5) is 5.69 Å². The second-order valence-corrected chi connectivity index (χ2v) is 5.59. The van der Waals surface area contributed by atoms with Crippen LogP contribution in [0.2, 0.25) is 0 Å². The molecule has 2 atom stereocenters. The fraction of sp³-hybridized carbons (Fsp3) is 0.533. The summed E-state index contributed by atoms with van der Waals surface area (Å²) >= 11 is 0. The van der Waals surface area contributed by atoms with Gasteiger partial charge in [0.1, 0.15) is 11.3 Å². The Morgan fingerprint density at radius 3 is 3.00 bits per heavy atom. The maximum absolute atomic E-state index is 10.7. The third-order valence-electron chi connectivity index (χ3n) is 4.17. The Kier molecular flexibility index (Phi) is 4.43. The summed E-state index contributed by atoms with van der Waals surface area (Å²) in [6, 6.07) is 6.76. The molecule has 0 saturated heterocycles. The first-order valence-electron chi connectivity index (χ1n) is 7.04. The van der Waals surface area contributed by atoms with E-state index in [4.69, 9.17) is 15.7 Å². The molecule has 2 N–H and O–H groups in total. The predicted molar refractivity (Wildman–Crippen MR) is 77.8 cm³/mol. The Balaban J connectivity index is 1.92. The van der Waals surface area contributed by atoms with E-state index < -0.39 is 10.5 Å². The van der Waals surface area contributed by atoms with Gasteiger partial charge in [-0.2, -0.15) is 5.26 Å². The van der Waals surface area contributed by atoms with Crippen LogP contribution in [0.15, 0.2) is 18.2 Å². The van der Waals surface area contributed by atoms with Crippen molar-refractivity contribution < 1.29 is 9.66 Å². The van der Waals surface area contributed by atoms with Gasteiger partial charge in [0.25, 0.3) is 5.69 Å². The fourth-order valence-electron chi connectivity index (χ4n) is 2.87. The van der Waals surface area contributed by atoms with Gasteiger partial charge in [-0.05, 0) is 43.7 Å². The second kappa shape index (κ2) is 6.10. The van der Waals surface area contributed by atoms with E-state index in [-0.39, 0.29) is 11.6 Å². The van der Waals surface area contributed by atoms with E-state index >= 15 is 0 Å². The molecule has 1 saturated carbocycles. The Morgan fingerprint density at radius 2 is 2.38 bits per heavy atom. The minimum Gasteiger partial charge on any atom is -0.493 e. The Bertz CT molecular complexity index is 582. The van der Waals surface area contributed by atoms with Crippen LogP contribution in [0.25, 0.3) is 0 Å². The molecule has 1 aromatic rings. The van der Waals surface area contributed by atoms with Crippen molar-refractivity contribution in [1.82, 2.24) is 0 Å². The van der Waals surface area contributed by atoms with Crippen molar-refractivity contribution in [3.05, 3.63) is 33.9 Å². The standard InChI is InChI=1S/C15H19N3O3/c1-11-9-13(18(19)20)4-5-14(11)21-8-6-12-3-2-7-15(12,17)10-16/h4-5,9,12H,2-3,6-8,17H2,1H3. The lowest BCUT2D eigenvalue weighted by atomic mass is 9.87. The van der Waals surface area contributed by atoms with Crippen LogP contribution >= 0.6 is 0 Å². The van der Waals surface area contributed by atoms with Crippen molar-refractivity contribution in [2.75, 3.05) is 6.61 Å². The van der Waals surface area contributed by atoms with Crippen LogP contribution < -0.4 is 10.5 Å². The van der Waals surface area contributed by atoms with Gasteiger partial charge in [-0.1, -0.05) is 6.42 Å². The highest BCUT2D eigenvalue weighted by Gasteiger charge is 2.39. The normalized spacial score (nSPS) is 24.5. The number of nitrogens with two attached hydrogens (primary N) is 1. The second-order valence-electron chi connectivity index (χ2n) is 5.59. The number of aryl methyl sites for hydroxylation is 1. The Morgan fingerprint density at radius 1 is 1.62 bits per heavy atom. The smallest absolute Gasteiger partial charge is 0.269 e. The van der Waals surface area contributed by atoms with Gasteiger partial charge in [0.15, 0.2) is 0 Å². The average molecular weight is 289 g/mol. The molecule has 6 nitrogen and oxygen atoms in total. The maximum atomic E-state index is 10.7. The number of nitro benzene ring substituents is 1. The molecule has 0 spiro atoms. The van der Waals surface area contributed by atoms with Crippen LogP contribution in [0.1, 0.15) is 31.2 Å². The zero-order valence-electron chi connectivity index (χ0n) is 12.0. The molecule has 0 heterocycles. The van der Waals surface area contributed by atoms with Gasteiger partial charge in [0, 0.05) is 12.1 Å². The number of rotatable bonds is 5. The highest BCUT2D eigenvalue weighted by Crippen LogP contribution is 2.35.